The molecule has 1 saturated heterocycles. The smallest absolute Gasteiger partial charge is 0.341 e. The third-order valence-corrected chi connectivity index (χ3v) is 6.58. The average molecular weight is 390 g/mol. The van der Waals surface area contributed by atoms with Crippen molar-refractivity contribution < 1.29 is 23.8 Å². The molecule has 28 heavy (non-hydrogen) atoms. The Morgan fingerprint density at radius 3 is 2.50 bits per heavy atom. The number of benzene rings is 1. The fraction of sp³-hybridized carbons (Fsp3) is 0.500. The van der Waals surface area contributed by atoms with Crippen molar-refractivity contribution in [3.8, 4) is 0 Å². The maximum absolute atomic E-state index is 15.6. The van der Waals surface area contributed by atoms with E-state index in [1.165, 1.54) is 17.7 Å². The largest absolute Gasteiger partial charge is 0.477 e. The van der Waals surface area contributed by atoms with Gasteiger partial charge in [-0.3, -0.25) is 4.79 Å². The topological polar surface area (TPSA) is 82.8 Å². The molecule has 1 aromatic carbocycles. The van der Waals surface area contributed by atoms with Crippen molar-refractivity contribution in [2.45, 2.75) is 38.3 Å². The van der Waals surface area contributed by atoms with E-state index >= 15 is 8.78 Å². The summed E-state index contributed by atoms with van der Waals surface area (Å²) < 4.78 is 32.4. The highest BCUT2D eigenvalue weighted by atomic mass is 19.1. The van der Waals surface area contributed by atoms with Gasteiger partial charge in [-0.15, -0.1) is 0 Å². The van der Waals surface area contributed by atoms with Gasteiger partial charge in [-0.25, -0.2) is 13.6 Å². The van der Waals surface area contributed by atoms with Gasteiger partial charge in [0.05, 0.1) is 17.0 Å². The van der Waals surface area contributed by atoms with Crippen LogP contribution in [0.25, 0.3) is 10.9 Å². The predicted octanol–water partition coefficient (Wildman–Crippen LogP) is 2.44. The molecule has 2 aromatic rings. The minimum atomic E-state index is -1.41. The highest BCUT2D eigenvalue weighted by Gasteiger charge is 2.47. The number of aryl methyl sites for hydroxylation is 1. The van der Waals surface area contributed by atoms with Gasteiger partial charge >= 0.3 is 5.97 Å². The van der Waals surface area contributed by atoms with Crippen LogP contribution < -0.4 is 10.3 Å². The van der Waals surface area contributed by atoms with Gasteiger partial charge in [-0.1, -0.05) is 0 Å². The Kier molecular flexibility index (Phi) is 3.62. The second kappa shape index (κ2) is 5.76. The molecule has 3 atom stereocenters. The molecule has 0 spiro atoms. The number of aromatic nitrogens is 1. The van der Waals surface area contributed by atoms with Crippen LogP contribution >= 0.6 is 0 Å². The van der Waals surface area contributed by atoms with Crippen molar-refractivity contribution in [1.82, 2.24) is 4.57 Å². The number of hydrogen-bond donors (Lipinski definition) is 2. The molecule has 2 heterocycles. The van der Waals surface area contributed by atoms with Crippen LogP contribution in [-0.2, 0) is 0 Å². The molecular formula is C20H20F2N2O4. The van der Waals surface area contributed by atoms with E-state index in [0.29, 0.717) is 19.5 Å². The number of hydrogen-bond acceptors (Lipinski definition) is 4. The van der Waals surface area contributed by atoms with Crippen molar-refractivity contribution >= 4 is 22.6 Å². The van der Waals surface area contributed by atoms with E-state index in [9.17, 15) is 19.8 Å². The number of carbonyl (C=O) groups is 1. The van der Waals surface area contributed by atoms with Gasteiger partial charge in [0.15, 0.2) is 11.6 Å². The van der Waals surface area contributed by atoms with E-state index in [0.717, 1.165) is 12.8 Å². The molecule has 2 saturated carbocycles. The summed E-state index contributed by atoms with van der Waals surface area (Å²) >= 11 is 0. The number of pyridine rings is 1. The van der Waals surface area contributed by atoms with Crippen molar-refractivity contribution in [2.24, 2.45) is 11.8 Å². The summed E-state index contributed by atoms with van der Waals surface area (Å²) in [6, 6.07) is -0.0926. The van der Waals surface area contributed by atoms with Gasteiger partial charge in [0.1, 0.15) is 11.3 Å². The monoisotopic (exact) mass is 390 g/mol. The number of aromatic carboxylic acids is 1. The highest BCUT2D eigenvalue weighted by molar-refractivity contribution is 5.95. The second-order valence-corrected chi connectivity index (χ2v) is 8.27. The minimum Gasteiger partial charge on any atom is -0.477 e. The number of fused-ring (bicyclic) bond motifs is 2. The molecule has 1 aromatic heterocycles. The van der Waals surface area contributed by atoms with Gasteiger partial charge in [-0.05, 0) is 32.1 Å². The summed E-state index contributed by atoms with van der Waals surface area (Å²) in [5.41, 5.74) is -1.57. The lowest BCUT2D eigenvalue weighted by molar-refractivity contribution is -0.00399. The molecule has 8 heteroatoms. The number of rotatable bonds is 3. The Morgan fingerprint density at radius 1 is 1.21 bits per heavy atom. The number of halogens is 2. The first-order chi connectivity index (χ1) is 13.3. The Morgan fingerprint density at radius 2 is 1.93 bits per heavy atom. The Hall–Kier alpha value is -2.48. The number of nitrogens with zero attached hydrogens (tertiary/aromatic N) is 2. The zero-order chi connectivity index (χ0) is 19.9. The summed E-state index contributed by atoms with van der Waals surface area (Å²) in [6.07, 6.45) is 2.88. The van der Waals surface area contributed by atoms with Crippen LogP contribution in [-0.4, -0.2) is 39.9 Å². The van der Waals surface area contributed by atoms with Gasteiger partial charge in [0.25, 0.3) is 0 Å². The summed E-state index contributed by atoms with van der Waals surface area (Å²) in [5.74, 6) is -2.84. The van der Waals surface area contributed by atoms with Crippen LogP contribution in [0.15, 0.2) is 11.0 Å². The quantitative estimate of drug-likeness (QED) is 0.841. The lowest BCUT2D eigenvalue weighted by Gasteiger charge is -2.34. The van der Waals surface area contributed by atoms with Crippen LogP contribution in [0.3, 0.4) is 0 Å². The highest BCUT2D eigenvalue weighted by Crippen LogP contribution is 2.46. The Labute approximate surface area is 159 Å². The van der Waals surface area contributed by atoms with E-state index in [-0.39, 0.29) is 40.0 Å². The Balaban J connectivity index is 1.78. The first kappa shape index (κ1) is 17.6. The van der Waals surface area contributed by atoms with E-state index in [1.54, 1.807) is 4.90 Å². The first-order valence-electron chi connectivity index (χ1n) is 9.52. The van der Waals surface area contributed by atoms with Crippen LogP contribution in [0, 0.1) is 30.4 Å². The van der Waals surface area contributed by atoms with Crippen LogP contribution in [0.5, 0.6) is 0 Å². The van der Waals surface area contributed by atoms with Crippen molar-refractivity contribution in [3.63, 3.8) is 0 Å². The molecule has 0 bridgehead atoms. The third kappa shape index (κ3) is 2.27. The van der Waals surface area contributed by atoms with Crippen LogP contribution in [0.4, 0.5) is 14.5 Å². The molecule has 2 aliphatic carbocycles. The standard InChI is InChI=1S/C20H20F2N2O4/c1-8-14-17(24(10-2-3-10)7-12(19(14)26)20(27)28)16(22)18(15(8)21)23-5-9-4-13(25)11(9)6-23/h7,9-11,13,25H,2-6H2,1H3,(H,27,28)/t9-,11+,13-/m0/s1. The van der Waals surface area contributed by atoms with Gasteiger partial charge in [0.2, 0.25) is 5.43 Å². The molecule has 3 aliphatic rings. The molecular weight excluding hydrogens is 370 g/mol. The van der Waals surface area contributed by atoms with Gasteiger partial charge in [-0.2, -0.15) is 0 Å². The molecule has 3 fully saturated rings. The number of carboxylic acid groups (broad SMARTS) is 1. The van der Waals surface area contributed by atoms with E-state index in [4.69, 9.17) is 0 Å². The molecule has 5 rings (SSSR count). The lowest BCUT2D eigenvalue weighted by Crippen LogP contribution is -2.39. The predicted molar refractivity (Wildman–Crippen MR) is 97.9 cm³/mol. The van der Waals surface area contributed by atoms with Crippen LogP contribution in [0.2, 0.25) is 0 Å². The fourth-order valence-corrected chi connectivity index (χ4v) is 4.82. The molecule has 0 amide bonds. The number of aliphatic hydroxyl groups excluding tert-OH is 1. The molecule has 6 nitrogen and oxygen atoms in total. The molecule has 148 valence electrons. The normalized spacial score (nSPS) is 26.4. The number of anilines is 1. The van der Waals surface area contributed by atoms with Crippen LogP contribution in [0.1, 0.15) is 41.2 Å². The summed E-state index contributed by atoms with van der Waals surface area (Å²) in [4.78, 5) is 25.8. The lowest BCUT2D eigenvalue weighted by atomic mass is 9.74. The first-order valence-corrected chi connectivity index (χ1v) is 9.52. The molecule has 2 N–H and O–H groups in total. The van der Waals surface area contributed by atoms with Gasteiger partial charge < -0.3 is 19.7 Å². The van der Waals surface area contributed by atoms with Crippen molar-refractivity contribution in [3.05, 3.63) is 39.2 Å². The fourth-order valence-electron chi connectivity index (χ4n) is 4.82. The maximum Gasteiger partial charge on any atom is 0.341 e. The van der Waals surface area contributed by atoms with E-state index in [1.807, 2.05) is 0 Å². The molecule has 1 aliphatic heterocycles. The summed E-state index contributed by atoms with van der Waals surface area (Å²) in [7, 11) is 0. The van der Waals surface area contributed by atoms with E-state index in [2.05, 4.69) is 0 Å². The van der Waals surface area contributed by atoms with Crippen molar-refractivity contribution in [1.29, 1.82) is 0 Å². The van der Waals surface area contributed by atoms with Gasteiger partial charge in [0, 0.05) is 36.8 Å². The second-order valence-electron chi connectivity index (χ2n) is 8.27. The zero-order valence-corrected chi connectivity index (χ0v) is 15.3. The molecule has 0 radical (unpaired) electrons. The third-order valence-electron chi connectivity index (χ3n) is 6.58. The minimum absolute atomic E-state index is 0.00909. The zero-order valence-electron chi connectivity index (χ0n) is 15.3. The molecule has 0 unspecified atom stereocenters. The van der Waals surface area contributed by atoms with E-state index < -0.39 is 34.7 Å². The van der Waals surface area contributed by atoms with Crippen molar-refractivity contribution in [2.75, 3.05) is 18.0 Å². The maximum atomic E-state index is 15.6. The number of aliphatic hydroxyl groups is 1. The SMILES string of the molecule is Cc1c(F)c(N2C[C@@H]3C[C@H](O)[C@@H]3C2)c(F)c2c1c(=O)c(C(=O)O)cn2C1CC1. The average Bonchev–Trinajstić information content (AvgIpc) is 3.42. The number of carboxylic acids is 1. The summed E-state index contributed by atoms with van der Waals surface area (Å²) in [6.45, 7) is 2.22. The summed E-state index contributed by atoms with van der Waals surface area (Å²) in [5, 5.41) is 19.0. The Bertz CT molecular complexity index is 1090.